The number of hydrogen-bond donors (Lipinski definition) is 2. The molecule has 4 fully saturated rings. The minimum absolute atomic E-state index is 0. The number of Topliss-reactive ketones (excluding diaryl/α,β-unsaturated/α-hetero) is 2. The summed E-state index contributed by atoms with van der Waals surface area (Å²) in [7, 11) is -2.49. The van der Waals surface area contributed by atoms with Gasteiger partial charge in [-0.25, -0.2) is 8.42 Å². The molecule has 0 unspecified atom stereocenters. The third-order valence-electron chi connectivity index (χ3n) is 20.2. The largest absolute Gasteiger partial charge is 1.00 e. The molecule has 0 spiro atoms. The Bertz CT molecular complexity index is 4090. The van der Waals surface area contributed by atoms with E-state index in [0.29, 0.717) is 72.0 Å². The van der Waals surface area contributed by atoms with Crippen molar-refractivity contribution in [2.24, 2.45) is 33.5 Å². The van der Waals surface area contributed by atoms with E-state index < -0.39 is 41.2 Å². The van der Waals surface area contributed by atoms with Crippen LogP contribution in [0.5, 0.6) is 34.5 Å². The van der Waals surface area contributed by atoms with Crippen molar-refractivity contribution in [3.8, 4) is 34.5 Å². The molecule has 7 atom stereocenters. The van der Waals surface area contributed by atoms with Gasteiger partial charge in [-0.3, -0.25) is 24.0 Å². The standard InChI is InChI=1S/C26H26BrClO6S.2C16H12BrClO3.C10H15ClO3S.CH4.Na.H2O/c1-25(2)16-8-9-26(25,24(30)11-16)14-35(31,32)34-22-12-23(20(28)10-15(22)13-29)33-21-7-6-17-18(21)4-3-5-19(17)27;2*17-12-3-1-2-11-10(12)4-5-15(11)21-16-7-14(20)9(8-19)6-13(16)18;1-9(2)7-3-4-10(9,8(12)5-7)6-15(11,13)14;;;/h3-5,10,12-13,16,21H,6-9,11,14H2,1-2H3;2*1-3,6-8,15,20H,4-5H2;7H,3-6H2,1-2H3;1H4;;1H2/q;;;;;+1;/p-1/t16-,21-,26-;2*15-;7-,10-;;;/m0001.../s1. The van der Waals surface area contributed by atoms with Gasteiger partial charge in [0.1, 0.15) is 58.6 Å². The first-order valence-electron chi connectivity index (χ1n) is 29.8. The number of halogens is 7. The van der Waals surface area contributed by atoms with Crippen LogP contribution in [0.2, 0.25) is 15.1 Å². The van der Waals surface area contributed by atoms with Crippen LogP contribution in [0.1, 0.15) is 176 Å². The van der Waals surface area contributed by atoms with Crippen molar-refractivity contribution in [2.45, 2.75) is 130 Å². The molecule has 0 aromatic heterocycles. The van der Waals surface area contributed by atoms with Crippen LogP contribution < -0.4 is 48.0 Å². The van der Waals surface area contributed by atoms with Gasteiger partial charge < -0.3 is 34.1 Å². The van der Waals surface area contributed by atoms with Crippen molar-refractivity contribution in [2.75, 3.05) is 11.5 Å². The molecule has 0 amide bonds. The Morgan fingerprint density at radius 3 is 1.18 bits per heavy atom. The Hall–Kier alpha value is -4.07. The number of phenolic OH excluding ortho intramolecular Hbond substituents is 2. The molecule has 7 aliphatic carbocycles. The van der Waals surface area contributed by atoms with E-state index in [0.717, 1.165) is 87.0 Å². The number of rotatable bonds is 15. The number of carbonyl (C=O) groups is 5. The topological polar surface area (TPSA) is 261 Å². The van der Waals surface area contributed by atoms with E-state index in [-0.39, 0.29) is 134 Å². The van der Waals surface area contributed by atoms with Crippen LogP contribution in [0.4, 0.5) is 0 Å². The van der Waals surface area contributed by atoms with Gasteiger partial charge in [0.05, 0.1) is 48.7 Å². The van der Waals surface area contributed by atoms with Crippen LogP contribution >= 0.6 is 93.3 Å². The number of benzene rings is 6. The summed E-state index contributed by atoms with van der Waals surface area (Å²) in [5.74, 6) is 0.583. The van der Waals surface area contributed by atoms with Crippen molar-refractivity contribution in [1.82, 2.24) is 0 Å². The maximum atomic E-state index is 13.2. The summed E-state index contributed by atoms with van der Waals surface area (Å²) in [5.41, 5.74) is 4.92. The molecule has 0 radical (unpaired) electrons. The summed E-state index contributed by atoms with van der Waals surface area (Å²) in [6.07, 6.45) is 10.2. The minimum atomic E-state index is -4.19. The molecule has 26 heteroatoms. The predicted molar refractivity (Wildman–Crippen MR) is 371 cm³/mol. The van der Waals surface area contributed by atoms with Gasteiger partial charge in [0.2, 0.25) is 9.05 Å². The molecule has 4 bridgehead atoms. The van der Waals surface area contributed by atoms with Crippen LogP contribution in [0.25, 0.3) is 0 Å². The Kier molecular flexibility index (Phi) is 25.4. The first-order chi connectivity index (χ1) is 43.4. The number of fused-ring (bicyclic) bond motifs is 7. The Morgan fingerprint density at radius 1 is 0.526 bits per heavy atom. The molecule has 504 valence electrons. The third kappa shape index (κ3) is 15.8. The van der Waals surface area contributed by atoms with Gasteiger partial charge in [-0.05, 0) is 157 Å². The second kappa shape index (κ2) is 30.8. The van der Waals surface area contributed by atoms with E-state index in [9.17, 15) is 51.0 Å². The van der Waals surface area contributed by atoms with Gasteiger partial charge in [0.15, 0.2) is 24.6 Å². The molecule has 3 N–H and O–H groups in total. The Balaban J connectivity index is 0.000000186. The molecule has 0 saturated heterocycles. The van der Waals surface area contributed by atoms with Gasteiger partial charge in [-0.2, -0.15) is 8.42 Å². The summed E-state index contributed by atoms with van der Waals surface area (Å²) in [6.45, 7) is 7.93. The third-order valence-corrected chi connectivity index (χ3v) is 25.8. The number of ketones is 2. The summed E-state index contributed by atoms with van der Waals surface area (Å²) >= 11 is 29.3. The van der Waals surface area contributed by atoms with Crippen LogP contribution in [0.3, 0.4) is 0 Å². The van der Waals surface area contributed by atoms with Crippen LogP contribution in [0.15, 0.2) is 104 Å². The summed E-state index contributed by atoms with van der Waals surface area (Å²) < 4.78 is 75.5. The van der Waals surface area contributed by atoms with Gasteiger partial charge in [-0.15, -0.1) is 0 Å². The van der Waals surface area contributed by atoms with Gasteiger partial charge in [-0.1, -0.05) is 154 Å². The fraction of sp³-hybridized carbons (Fsp3) is 0.406. The minimum Gasteiger partial charge on any atom is -0.870 e. The van der Waals surface area contributed by atoms with E-state index >= 15 is 0 Å². The van der Waals surface area contributed by atoms with Crippen LogP contribution in [0, 0.1) is 33.5 Å². The zero-order valence-electron chi connectivity index (χ0n) is 51.8. The average molecular weight is 1620 g/mol. The van der Waals surface area contributed by atoms with Gasteiger partial charge in [0, 0.05) is 60.6 Å². The average Bonchev–Trinajstić information content (AvgIpc) is 1.56. The molecule has 95 heavy (non-hydrogen) atoms. The summed E-state index contributed by atoms with van der Waals surface area (Å²) in [5, 5.41) is 20.3. The number of aromatic hydroxyl groups is 2. The quantitative estimate of drug-likeness (QED) is 0.0419. The predicted octanol–water partition coefficient (Wildman–Crippen LogP) is 14.9. The van der Waals surface area contributed by atoms with E-state index in [2.05, 4.69) is 47.8 Å². The number of phenols is 2. The number of ether oxygens (including phenoxy) is 3. The molecular formula is C69H70Br3Cl4NaO16S2. The second-order valence-corrected chi connectivity index (χ2v) is 33.6. The van der Waals surface area contributed by atoms with Crippen LogP contribution in [-0.2, 0) is 48.0 Å². The molecule has 4 saturated carbocycles. The molecular weight excluding hydrogens is 1550 g/mol. The smallest absolute Gasteiger partial charge is 0.870 e. The zero-order chi connectivity index (χ0) is 66.6. The molecule has 7 aliphatic rings. The zero-order valence-corrected chi connectivity index (χ0v) is 63.2. The van der Waals surface area contributed by atoms with Crippen molar-refractivity contribution < 1.29 is 104 Å². The van der Waals surface area contributed by atoms with Crippen molar-refractivity contribution >= 4 is 143 Å². The number of hydrogen-bond acceptors (Lipinski definition) is 16. The van der Waals surface area contributed by atoms with Crippen molar-refractivity contribution in [1.29, 1.82) is 0 Å². The van der Waals surface area contributed by atoms with E-state index in [1.165, 1.54) is 47.5 Å². The normalized spacial score (nSPS) is 23.2. The van der Waals surface area contributed by atoms with Crippen molar-refractivity contribution in [3.63, 3.8) is 0 Å². The van der Waals surface area contributed by atoms with E-state index in [1.54, 1.807) is 0 Å². The summed E-state index contributed by atoms with van der Waals surface area (Å²) in [4.78, 5) is 58.0. The van der Waals surface area contributed by atoms with E-state index in [1.807, 2.05) is 82.3 Å². The molecule has 0 heterocycles. The molecule has 16 nitrogen and oxygen atoms in total. The Morgan fingerprint density at radius 2 is 0.863 bits per heavy atom. The first-order valence-corrected chi connectivity index (χ1v) is 37.4. The second-order valence-electron chi connectivity index (χ2n) is 25.5. The molecule has 0 aliphatic heterocycles. The maximum Gasteiger partial charge on any atom is 1.00 e. The Labute approximate surface area is 620 Å². The maximum absolute atomic E-state index is 13.2. The fourth-order valence-corrected chi connectivity index (χ4v) is 20.8. The first kappa shape index (κ1) is 78.3. The summed E-state index contributed by atoms with van der Waals surface area (Å²) in [6, 6.07) is 26.2. The number of aldehydes is 3. The molecule has 13 rings (SSSR count). The monoisotopic (exact) mass is 1620 g/mol. The van der Waals surface area contributed by atoms with E-state index in [4.69, 9.17) is 63.9 Å². The van der Waals surface area contributed by atoms with Gasteiger partial charge in [0.25, 0.3) is 0 Å². The van der Waals surface area contributed by atoms with Crippen molar-refractivity contribution in [3.05, 3.63) is 170 Å². The molecule has 6 aromatic carbocycles. The fourth-order valence-electron chi connectivity index (χ4n) is 14.8. The van der Waals surface area contributed by atoms with Crippen LogP contribution in [-0.4, -0.2) is 74.5 Å². The molecule has 6 aromatic rings. The van der Waals surface area contributed by atoms with Gasteiger partial charge >= 0.3 is 39.7 Å². The number of carbonyl (C=O) groups excluding carboxylic acids is 5. The SMILES string of the molecule is C.CC1(C)[C@@H]2CC[C@@]1(CS(=O)(=O)Cl)C(=O)C2.CC1(C)[C@H]2CC[C@]1(CS(=O)(=O)Oc1cc(O[C@H]3CCc4c(Br)cccc43)c(Cl)cc1C=O)C(=O)C2.O=Cc1cc(Cl)c(O[C@H]2CCc3c(Br)cccc32)cc1O.O=Cc1cc(Cl)c(O[C@H]2CCc3c(Br)cccc32)cc1O.[Na+].[OH-].